The number of rotatable bonds is 7. The fraction of sp³-hybridized carbons (Fsp3) is 0.538. The highest BCUT2D eigenvalue weighted by atomic mass is 79.9. The molecule has 0 aliphatic carbocycles. The molecule has 0 fully saturated rings. The maximum Gasteiger partial charge on any atom is 0.255 e. The summed E-state index contributed by atoms with van der Waals surface area (Å²) in [6, 6.07) is 1.52. The zero-order valence-electron chi connectivity index (χ0n) is 10.5. The number of halogens is 1. The van der Waals surface area contributed by atoms with Crippen LogP contribution in [0.1, 0.15) is 36.5 Å². The van der Waals surface area contributed by atoms with Gasteiger partial charge in [-0.1, -0.05) is 29.3 Å². The maximum absolute atomic E-state index is 11.9. The van der Waals surface area contributed by atoms with Crippen molar-refractivity contribution in [2.45, 2.75) is 26.2 Å². The largest absolute Gasteiger partial charge is 0.505 e. The molecular weight excluding hydrogens is 296 g/mol. The summed E-state index contributed by atoms with van der Waals surface area (Å²) in [5.74, 6) is 0.149. The number of nitrogens with zero attached hydrogens (tertiary/aromatic N) is 1. The molecule has 1 atom stereocenters. The van der Waals surface area contributed by atoms with E-state index < -0.39 is 0 Å². The molecule has 0 aromatic carbocycles. The Bertz CT molecular complexity index is 379. The molecule has 18 heavy (non-hydrogen) atoms. The fourth-order valence-electron chi connectivity index (χ4n) is 1.82. The summed E-state index contributed by atoms with van der Waals surface area (Å²) in [5, 5.41) is 13.3. The van der Waals surface area contributed by atoms with E-state index in [9.17, 15) is 9.90 Å². The van der Waals surface area contributed by atoms with Crippen molar-refractivity contribution in [2.24, 2.45) is 5.92 Å². The summed E-state index contributed by atoms with van der Waals surface area (Å²) in [7, 11) is 0. The predicted octanol–water partition coefficient (Wildman–Crippen LogP) is 2.72. The molecule has 5 heteroatoms. The van der Waals surface area contributed by atoms with E-state index in [4.69, 9.17) is 0 Å². The summed E-state index contributed by atoms with van der Waals surface area (Å²) in [5.41, 5.74) is 0.277. The molecule has 1 aromatic heterocycles. The van der Waals surface area contributed by atoms with Gasteiger partial charge in [0.1, 0.15) is 5.75 Å². The van der Waals surface area contributed by atoms with Crippen LogP contribution < -0.4 is 5.32 Å². The molecule has 1 aromatic rings. The van der Waals surface area contributed by atoms with Gasteiger partial charge in [-0.25, -0.2) is 0 Å². The molecule has 0 bridgehead atoms. The Kier molecular flexibility index (Phi) is 6.72. The molecular formula is C13H19BrN2O2. The minimum atomic E-state index is -0.245. The van der Waals surface area contributed by atoms with Crippen LogP contribution in [0.4, 0.5) is 0 Å². The summed E-state index contributed by atoms with van der Waals surface area (Å²) in [6.45, 7) is 2.78. The van der Waals surface area contributed by atoms with Gasteiger partial charge in [0.05, 0.1) is 11.8 Å². The number of pyridine rings is 1. The van der Waals surface area contributed by atoms with Crippen LogP contribution in [0.25, 0.3) is 0 Å². The van der Waals surface area contributed by atoms with Crippen LogP contribution in [0.5, 0.6) is 5.75 Å². The minimum Gasteiger partial charge on any atom is -0.505 e. The van der Waals surface area contributed by atoms with E-state index in [1.807, 2.05) is 0 Å². The first-order chi connectivity index (χ1) is 8.69. The summed E-state index contributed by atoms with van der Waals surface area (Å²) >= 11 is 3.42. The Morgan fingerprint density at radius 1 is 1.56 bits per heavy atom. The van der Waals surface area contributed by atoms with Crippen molar-refractivity contribution in [1.82, 2.24) is 10.3 Å². The van der Waals surface area contributed by atoms with Crippen LogP contribution in [0.2, 0.25) is 0 Å². The number of aromatic hydroxyl groups is 1. The number of hydrogen-bond acceptors (Lipinski definition) is 3. The van der Waals surface area contributed by atoms with Crippen molar-refractivity contribution in [3.05, 3.63) is 24.0 Å². The van der Waals surface area contributed by atoms with Gasteiger partial charge in [0.2, 0.25) is 0 Å². The van der Waals surface area contributed by atoms with Gasteiger partial charge in [0.25, 0.3) is 5.91 Å². The quantitative estimate of drug-likeness (QED) is 0.761. The van der Waals surface area contributed by atoms with Crippen LogP contribution in [-0.4, -0.2) is 27.9 Å². The first-order valence-corrected chi connectivity index (χ1v) is 7.28. The molecule has 2 N–H and O–H groups in total. The molecule has 100 valence electrons. The lowest BCUT2D eigenvalue weighted by atomic mass is 10.0. The number of aromatic nitrogens is 1. The number of amides is 1. The van der Waals surface area contributed by atoms with Crippen LogP contribution in [-0.2, 0) is 0 Å². The van der Waals surface area contributed by atoms with Gasteiger partial charge in [-0.05, 0) is 24.8 Å². The number of hydrogen-bond donors (Lipinski definition) is 2. The average Bonchev–Trinajstić information content (AvgIpc) is 2.36. The van der Waals surface area contributed by atoms with E-state index in [-0.39, 0.29) is 17.2 Å². The standard InChI is InChI=1S/C13H19BrN2O2/c1-2-3-10(4-6-14)8-16-13(18)11-5-7-15-9-12(11)17/h5,7,9-10,17H,2-4,6,8H2,1H3,(H,16,18). The first kappa shape index (κ1) is 15.0. The third-order valence-electron chi connectivity index (χ3n) is 2.81. The molecule has 0 radical (unpaired) electrons. The van der Waals surface area contributed by atoms with Gasteiger partial charge in [-0.15, -0.1) is 0 Å². The van der Waals surface area contributed by atoms with E-state index in [2.05, 4.69) is 33.2 Å². The Morgan fingerprint density at radius 2 is 2.33 bits per heavy atom. The second-order valence-corrected chi connectivity index (χ2v) is 5.03. The molecule has 1 rings (SSSR count). The van der Waals surface area contributed by atoms with E-state index >= 15 is 0 Å². The minimum absolute atomic E-state index is 0.0810. The lowest BCUT2D eigenvalue weighted by molar-refractivity contribution is 0.0943. The number of alkyl halides is 1. The lowest BCUT2D eigenvalue weighted by Crippen LogP contribution is -2.29. The Morgan fingerprint density at radius 3 is 2.94 bits per heavy atom. The van der Waals surface area contributed by atoms with E-state index in [1.54, 1.807) is 0 Å². The molecule has 1 heterocycles. The molecule has 0 spiro atoms. The Hall–Kier alpha value is -1.10. The van der Waals surface area contributed by atoms with Crippen molar-refractivity contribution in [3.63, 3.8) is 0 Å². The van der Waals surface area contributed by atoms with Gasteiger partial charge in [0.15, 0.2) is 0 Å². The zero-order valence-corrected chi connectivity index (χ0v) is 12.1. The Labute approximate surface area is 116 Å². The van der Waals surface area contributed by atoms with Gasteiger partial charge >= 0.3 is 0 Å². The van der Waals surface area contributed by atoms with Gasteiger partial charge in [0, 0.05) is 18.1 Å². The molecule has 1 unspecified atom stereocenters. The van der Waals surface area contributed by atoms with E-state index in [1.165, 1.54) is 18.5 Å². The fourth-order valence-corrected chi connectivity index (χ4v) is 2.47. The molecule has 0 saturated carbocycles. The number of carbonyl (C=O) groups is 1. The van der Waals surface area contributed by atoms with E-state index in [0.29, 0.717) is 12.5 Å². The van der Waals surface area contributed by atoms with Crippen LogP contribution in [0.3, 0.4) is 0 Å². The maximum atomic E-state index is 11.9. The van der Waals surface area contributed by atoms with Crippen molar-refractivity contribution < 1.29 is 9.90 Å². The third kappa shape index (κ3) is 4.64. The predicted molar refractivity (Wildman–Crippen MR) is 75.0 cm³/mol. The zero-order chi connectivity index (χ0) is 13.4. The SMILES string of the molecule is CCCC(CCBr)CNC(=O)c1ccncc1O. The highest BCUT2D eigenvalue weighted by molar-refractivity contribution is 9.09. The molecule has 1 amide bonds. The average molecular weight is 315 g/mol. The van der Waals surface area contributed by atoms with Crippen LogP contribution >= 0.6 is 15.9 Å². The third-order valence-corrected chi connectivity index (χ3v) is 3.27. The van der Waals surface area contributed by atoms with Crippen LogP contribution in [0, 0.1) is 5.92 Å². The molecule has 4 nitrogen and oxygen atoms in total. The molecule has 0 aliphatic rings. The smallest absolute Gasteiger partial charge is 0.255 e. The number of carbonyl (C=O) groups excluding carboxylic acids is 1. The highest BCUT2D eigenvalue weighted by Gasteiger charge is 2.13. The number of nitrogens with one attached hydrogen (secondary N) is 1. The van der Waals surface area contributed by atoms with Gasteiger partial charge in [-0.2, -0.15) is 0 Å². The van der Waals surface area contributed by atoms with Crippen molar-refractivity contribution in [2.75, 3.05) is 11.9 Å². The first-order valence-electron chi connectivity index (χ1n) is 6.16. The molecule has 0 aliphatic heterocycles. The summed E-state index contributed by atoms with van der Waals surface area (Å²) in [4.78, 5) is 15.6. The van der Waals surface area contributed by atoms with Crippen LogP contribution in [0.15, 0.2) is 18.5 Å². The van der Waals surface area contributed by atoms with Crippen molar-refractivity contribution >= 4 is 21.8 Å². The summed E-state index contributed by atoms with van der Waals surface area (Å²) in [6.07, 6.45) is 6.01. The van der Waals surface area contributed by atoms with Gasteiger partial charge in [-0.3, -0.25) is 9.78 Å². The van der Waals surface area contributed by atoms with Gasteiger partial charge < -0.3 is 10.4 Å². The van der Waals surface area contributed by atoms with E-state index in [0.717, 1.165) is 24.6 Å². The highest BCUT2D eigenvalue weighted by Crippen LogP contribution is 2.15. The lowest BCUT2D eigenvalue weighted by Gasteiger charge is -2.15. The monoisotopic (exact) mass is 314 g/mol. The Balaban J connectivity index is 2.52. The normalized spacial score (nSPS) is 12.1. The van der Waals surface area contributed by atoms with Crippen molar-refractivity contribution in [1.29, 1.82) is 0 Å². The topological polar surface area (TPSA) is 62.2 Å². The second-order valence-electron chi connectivity index (χ2n) is 4.24. The second kappa shape index (κ2) is 8.08. The van der Waals surface area contributed by atoms with Crippen molar-refractivity contribution in [3.8, 4) is 5.75 Å². The summed E-state index contributed by atoms with van der Waals surface area (Å²) < 4.78 is 0. The molecule has 0 saturated heterocycles.